The Morgan fingerprint density at radius 1 is 0.472 bits per heavy atom. The molecular weight excluding hydrogens is 983 g/mol. The molecule has 0 N–H and O–H groups in total. The van der Waals surface area contributed by atoms with E-state index in [0.29, 0.717) is 0 Å². The molecule has 53 heavy (non-hydrogen) atoms. The minimum absolute atomic E-state index is 0.912. The van der Waals surface area contributed by atoms with Crippen LogP contribution in [0, 0.1) is 0 Å². The topological polar surface area (TPSA) is 0 Å². The van der Waals surface area contributed by atoms with Crippen LogP contribution in [0.15, 0.2) is 153 Å². The molecule has 9 heteroatoms. The van der Waals surface area contributed by atoms with Gasteiger partial charge < -0.3 is 0 Å². The molecule has 0 nitrogen and oxygen atoms in total. The van der Waals surface area contributed by atoms with Gasteiger partial charge in [0.2, 0.25) is 0 Å². The quantitative estimate of drug-likeness (QED) is 0.118. The number of hydrogen-bond acceptors (Lipinski definition) is 5. The summed E-state index contributed by atoms with van der Waals surface area (Å²) in [5, 5.41) is 18.1. The summed E-state index contributed by atoms with van der Waals surface area (Å²) in [6.45, 7) is 0. The maximum Gasteiger partial charge on any atom is 0.123 e. The van der Waals surface area contributed by atoms with Gasteiger partial charge in [-0.3, -0.25) is 0 Å². The van der Waals surface area contributed by atoms with Crippen LogP contribution in [0.1, 0.15) is 70.9 Å². The Morgan fingerprint density at radius 2 is 0.849 bits per heavy atom. The first-order chi connectivity index (χ1) is 26.2. The van der Waals surface area contributed by atoms with Gasteiger partial charge in [-0.1, -0.05) is 84.6 Å². The summed E-state index contributed by atoms with van der Waals surface area (Å²) in [5.41, 5.74) is 6.54. The molecule has 0 bridgehead atoms. The summed E-state index contributed by atoms with van der Waals surface area (Å²) >= 11 is 16.0. The summed E-state index contributed by atoms with van der Waals surface area (Å²) < 4.78 is 0. The SMILES string of the molecule is S=P1(c2ccccc2)C(c2cccs2)=C2CCCCC2=C1c1cccs1.[Cl][Au].c1ccc([PH+]2C(c3cccs3)=C3CCCCC3=C2c2cccs2)cc1. The van der Waals surface area contributed by atoms with E-state index in [4.69, 9.17) is 11.8 Å². The second-order valence-electron chi connectivity index (χ2n) is 13.4. The molecule has 6 aromatic rings. The Bertz CT molecular complexity index is 2190. The van der Waals surface area contributed by atoms with Crippen LogP contribution in [0.3, 0.4) is 0 Å². The molecule has 2 aliphatic carbocycles. The number of thiophene rings is 4. The molecule has 4 aromatic heterocycles. The van der Waals surface area contributed by atoms with Gasteiger partial charge in [0.1, 0.15) is 23.9 Å². The largest absolute Gasteiger partial charge is 0.140 e. The number of hydrogen-bond donors (Lipinski definition) is 0. The van der Waals surface area contributed by atoms with Crippen molar-refractivity contribution in [2.45, 2.75) is 51.4 Å². The maximum atomic E-state index is 6.70. The minimum Gasteiger partial charge on any atom is -0.140 e. The Labute approximate surface area is 352 Å². The van der Waals surface area contributed by atoms with Crippen LogP contribution in [0.25, 0.3) is 21.3 Å². The van der Waals surface area contributed by atoms with Crippen molar-refractivity contribution in [2.24, 2.45) is 0 Å². The zero-order chi connectivity index (χ0) is 36.2. The van der Waals surface area contributed by atoms with Crippen LogP contribution in [-0.2, 0) is 31.8 Å². The van der Waals surface area contributed by atoms with E-state index in [2.05, 4.69) is 140 Å². The van der Waals surface area contributed by atoms with Gasteiger partial charge >= 0.3 is 29.2 Å². The second-order valence-corrected chi connectivity index (χ2v) is 23.8. The number of halogens is 1. The number of allylic oxidation sites excluding steroid dienone is 4. The fourth-order valence-electron chi connectivity index (χ4n) is 8.41. The summed E-state index contributed by atoms with van der Waals surface area (Å²) in [4.78, 5) is 5.77. The van der Waals surface area contributed by atoms with E-state index >= 15 is 0 Å². The van der Waals surface area contributed by atoms with Crippen molar-refractivity contribution in [1.82, 2.24) is 0 Å². The van der Waals surface area contributed by atoms with E-state index in [1.54, 1.807) is 52.9 Å². The minimum atomic E-state index is -2.01. The summed E-state index contributed by atoms with van der Waals surface area (Å²) in [6, 6.07) is 38.2. The third-order valence-electron chi connectivity index (χ3n) is 10.5. The van der Waals surface area contributed by atoms with Crippen LogP contribution in [0.4, 0.5) is 0 Å². The van der Waals surface area contributed by atoms with Crippen LogP contribution in [-0.4, -0.2) is 0 Å². The van der Waals surface area contributed by atoms with E-state index in [9.17, 15) is 0 Å². The Balaban J connectivity index is 0.000000144. The van der Waals surface area contributed by atoms with E-state index in [1.807, 2.05) is 45.3 Å². The van der Waals surface area contributed by atoms with E-state index < -0.39 is 14.0 Å². The molecule has 2 aliphatic heterocycles. The standard InChI is InChI=1S/C22H19PS3.C22H19PS2.Au.ClH/c24-23(16-8-2-1-3-9-16)21(19-12-6-14-25-19)17-10-4-5-11-18(17)22(23)20-13-7-15-26-20;1-2-8-16(9-3-1)23-21(19-12-6-14-24-19)17-10-4-5-11-18(17)22(23)20-13-7-15-25-20;;/h1-3,6-9,12-15H,4-5,10-11H2;1-3,6-9,12-15H,4-5,10-11H2;;1H/q;;+1;. The molecule has 272 valence electrons. The molecule has 2 fully saturated rings. The molecule has 4 aliphatic rings. The molecule has 0 atom stereocenters. The molecular formula is C44H39AuClP2S5+. The molecule has 0 radical (unpaired) electrons. The summed E-state index contributed by atoms with van der Waals surface area (Å²) in [5.74, 6) is 0. The number of fused-ring (bicyclic) bond motifs is 2. The first-order valence-electron chi connectivity index (χ1n) is 18.0. The molecule has 2 aromatic carbocycles. The van der Waals surface area contributed by atoms with Crippen LogP contribution in [0.2, 0.25) is 0 Å². The van der Waals surface area contributed by atoms with Gasteiger partial charge in [-0.2, -0.15) is 0 Å². The van der Waals surface area contributed by atoms with Gasteiger partial charge in [-0.25, -0.2) is 0 Å². The fourth-order valence-corrected chi connectivity index (χ4v) is 21.8. The molecule has 0 saturated heterocycles. The van der Waals surface area contributed by atoms with Crippen molar-refractivity contribution >= 4 is 112 Å². The van der Waals surface area contributed by atoms with Gasteiger partial charge in [-0.15, -0.1) is 45.3 Å². The Kier molecular flexibility index (Phi) is 12.7. The number of rotatable bonds is 6. The van der Waals surface area contributed by atoms with Crippen molar-refractivity contribution in [3.63, 3.8) is 0 Å². The van der Waals surface area contributed by atoms with Crippen LogP contribution in [0.5, 0.6) is 0 Å². The van der Waals surface area contributed by atoms with E-state index in [0.717, 1.165) is 0 Å². The Hall–Kier alpha value is -1.69. The average Bonchev–Trinajstić information content (AvgIpc) is 4.07. The van der Waals surface area contributed by atoms with Crippen molar-refractivity contribution in [1.29, 1.82) is 0 Å². The maximum absolute atomic E-state index is 6.70. The van der Waals surface area contributed by atoms with Crippen molar-refractivity contribution in [3.8, 4) is 0 Å². The number of benzene rings is 2. The molecule has 6 heterocycles. The first kappa shape index (κ1) is 38.2. The monoisotopic (exact) mass is 1020 g/mol. The fraction of sp³-hybridized carbons (Fsp3) is 0.182. The average molecular weight is 1020 g/mol. The zero-order valence-electron chi connectivity index (χ0n) is 29.0. The summed E-state index contributed by atoms with van der Waals surface area (Å²) in [7, 11) is 3.67. The molecule has 10 rings (SSSR count). The Morgan fingerprint density at radius 3 is 1.25 bits per heavy atom. The molecule has 0 amide bonds. The predicted octanol–water partition coefficient (Wildman–Crippen LogP) is 15.1. The smallest absolute Gasteiger partial charge is 0.123 e. The van der Waals surface area contributed by atoms with Gasteiger partial charge in [0.05, 0.1) is 9.75 Å². The van der Waals surface area contributed by atoms with Gasteiger partial charge in [0.25, 0.3) is 0 Å². The van der Waals surface area contributed by atoms with Gasteiger partial charge in [0.15, 0.2) is 0 Å². The second kappa shape index (κ2) is 17.6. The third-order valence-corrected chi connectivity index (χ3v) is 22.8. The summed E-state index contributed by atoms with van der Waals surface area (Å²) in [6.07, 6.45) is 10.2. The molecule has 0 spiro atoms. The van der Waals surface area contributed by atoms with Crippen LogP contribution >= 0.6 is 68.5 Å². The van der Waals surface area contributed by atoms with Crippen molar-refractivity contribution < 1.29 is 20.0 Å². The molecule has 0 unspecified atom stereocenters. The van der Waals surface area contributed by atoms with Gasteiger partial charge in [0, 0.05) is 37.6 Å². The zero-order valence-corrected chi connectivity index (χ0v) is 37.9. The first-order valence-corrected chi connectivity index (χ1v) is 28.5. The third kappa shape index (κ3) is 7.36. The van der Waals surface area contributed by atoms with Crippen molar-refractivity contribution in [3.05, 3.63) is 173 Å². The van der Waals surface area contributed by atoms with Crippen molar-refractivity contribution in [2.75, 3.05) is 0 Å². The van der Waals surface area contributed by atoms with Gasteiger partial charge in [-0.05, 0) is 126 Å². The normalized spacial score (nSPS) is 18.0. The van der Waals surface area contributed by atoms with E-state index in [1.165, 1.54) is 92.1 Å². The van der Waals surface area contributed by atoms with Crippen LogP contribution < -0.4 is 10.6 Å². The molecule has 2 saturated carbocycles. The predicted molar refractivity (Wildman–Crippen MR) is 242 cm³/mol. The van der Waals surface area contributed by atoms with E-state index in [-0.39, 0.29) is 0 Å².